The van der Waals surface area contributed by atoms with E-state index in [0.717, 1.165) is 56.7 Å². The van der Waals surface area contributed by atoms with Crippen molar-refractivity contribution in [2.75, 3.05) is 0 Å². The number of carbonyl (C=O) groups is 2. The number of aromatic nitrogens is 3. The van der Waals surface area contributed by atoms with Crippen molar-refractivity contribution in [3.8, 4) is 0 Å². The summed E-state index contributed by atoms with van der Waals surface area (Å²) in [6.07, 6.45) is 9.85. The van der Waals surface area contributed by atoms with Gasteiger partial charge in [-0.1, -0.05) is 19.3 Å². The van der Waals surface area contributed by atoms with Crippen LogP contribution >= 0.6 is 0 Å². The van der Waals surface area contributed by atoms with Crippen LogP contribution in [0.1, 0.15) is 63.0 Å². The first-order valence-electron chi connectivity index (χ1n) is 9.78. The minimum absolute atomic E-state index is 0.0228. The van der Waals surface area contributed by atoms with Gasteiger partial charge < -0.3 is 9.47 Å². The smallest absolute Gasteiger partial charge is 0.313 e. The SMILES string of the molecule is O=C1[C@@H]2C[C@H]3CCCC[C@@H]3N2C(=O)N1Cc1nnc2n1CCCCC2. The van der Waals surface area contributed by atoms with Gasteiger partial charge in [-0.15, -0.1) is 10.2 Å². The van der Waals surface area contributed by atoms with Crippen molar-refractivity contribution in [3.05, 3.63) is 11.6 Å². The molecular formula is C18H25N5O2. The summed E-state index contributed by atoms with van der Waals surface area (Å²) < 4.78 is 2.13. The molecule has 3 fully saturated rings. The van der Waals surface area contributed by atoms with Gasteiger partial charge >= 0.3 is 6.03 Å². The molecule has 3 atom stereocenters. The second-order valence-corrected chi connectivity index (χ2v) is 7.97. The van der Waals surface area contributed by atoms with Crippen molar-refractivity contribution in [2.24, 2.45) is 5.92 Å². The Balaban J connectivity index is 1.38. The Morgan fingerprint density at radius 1 is 1.00 bits per heavy atom. The van der Waals surface area contributed by atoms with Crippen molar-refractivity contribution in [3.63, 3.8) is 0 Å². The summed E-state index contributed by atoms with van der Waals surface area (Å²) in [5, 5.41) is 8.59. The van der Waals surface area contributed by atoms with E-state index in [1.165, 1.54) is 24.2 Å². The van der Waals surface area contributed by atoms with E-state index < -0.39 is 0 Å². The first-order valence-corrected chi connectivity index (χ1v) is 9.78. The van der Waals surface area contributed by atoms with Gasteiger partial charge in [-0.2, -0.15) is 0 Å². The van der Waals surface area contributed by atoms with Crippen LogP contribution in [0.3, 0.4) is 0 Å². The summed E-state index contributed by atoms with van der Waals surface area (Å²) in [6, 6.07) is -0.0572. The number of fused-ring (bicyclic) bond motifs is 4. The van der Waals surface area contributed by atoms with Gasteiger partial charge in [0.1, 0.15) is 11.9 Å². The van der Waals surface area contributed by atoms with Crippen LogP contribution in [-0.2, 0) is 24.3 Å². The number of hydrogen-bond donors (Lipinski definition) is 0. The number of amides is 3. The topological polar surface area (TPSA) is 71.3 Å². The van der Waals surface area contributed by atoms with E-state index in [2.05, 4.69) is 14.8 Å². The molecule has 0 radical (unpaired) electrons. The predicted molar refractivity (Wildman–Crippen MR) is 89.5 cm³/mol. The van der Waals surface area contributed by atoms with E-state index >= 15 is 0 Å². The normalized spacial score (nSPS) is 31.8. The monoisotopic (exact) mass is 343 g/mol. The van der Waals surface area contributed by atoms with Gasteiger partial charge in [0.25, 0.3) is 5.91 Å². The Labute approximate surface area is 147 Å². The molecule has 0 bridgehead atoms. The van der Waals surface area contributed by atoms with Crippen molar-refractivity contribution in [1.82, 2.24) is 24.6 Å². The lowest BCUT2D eigenvalue weighted by molar-refractivity contribution is -0.128. The summed E-state index contributed by atoms with van der Waals surface area (Å²) in [7, 11) is 0. The van der Waals surface area contributed by atoms with E-state index in [0.29, 0.717) is 5.92 Å². The number of carbonyl (C=O) groups excluding carboxylic acids is 2. The van der Waals surface area contributed by atoms with Gasteiger partial charge in [0.05, 0.1) is 6.54 Å². The van der Waals surface area contributed by atoms with Crippen LogP contribution in [0.4, 0.5) is 4.79 Å². The molecule has 4 aliphatic rings. The Kier molecular flexibility index (Phi) is 3.57. The van der Waals surface area contributed by atoms with Crippen molar-refractivity contribution in [1.29, 1.82) is 0 Å². The van der Waals surface area contributed by atoms with Crippen LogP contribution in [0.2, 0.25) is 0 Å². The van der Waals surface area contributed by atoms with Gasteiger partial charge in [-0.25, -0.2) is 4.79 Å². The third-order valence-corrected chi connectivity index (χ3v) is 6.58. The molecule has 1 aliphatic carbocycles. The van der Waals surface area contributed by atoms with Gasteiger partial charge in [0.2, 0.25) is 0 Å². The molecule has 0 aromatic carbocycles. The molecular weight excluding hydrogens is 318 g/mol. The molecule has 1 aromatic rings. The first kappa shape index (κ1) is 15.3. The largest absolute Gasteiger partial charge is 0.328 e. The van der Waals surface area contributed by atoms with Crippen LogP contribution in [0.5, 0.6) is 0 Å². The average molecular weight is 343 g/mol. The minimum atomic E-state index is -0.230. The van der Waals surface area contributed by atoms with Crippen molar-refractivity contribution < 1.29 is 9.59 Å². The summed E-state index contributed by atoms with van der Waals surface area (Å²) >= 11 is 0. The number of hydrogen-bond acceptors (Lipinski definition) is 4. The highest BCUT2D eigenvalue weighted by molar-refractivity contribution is 6.04. The molecule has 7 heteroatoms. The number of imide groups is 1. The Hall–Kier alpha value is -1.92. The lowest BCUT2D eigenvalue weighted by Gasteiger charge is -2.30. The summed E-state index contributed by atoms with van der Waals surface area (Å²) in [4.78, 5) is 29.2. The van der Waals surface area contributed by atoms with Gasteiger partial charge in [0.15, 0.2) is 5.82 Å². The molecule has 25 heavy (non-hydrogen) atoms. The third kappa shape index (κ3) is 2.31. The van der Waals surface area contributed by atoms with E-state index in [1.807, 2.05) is 4.90 Å². The molecule has 0 unspecified atom stereocenters. The zero-order valence-electron chi connectivity index (χ0n) is 14.6. The van der Waals surface area contributed by atoms with Crippen molar-refractivity contribution >= 4 is 11.9 Å². The predicted octanol–water partition coefficient (Wildman–Crippen LogP) is 2.10. The Morgan fingerprint density at radius 3 is 2.80 bits per heavy atom. The molecule has 3 aliphatic heterocycles. The average Bonchev–Trinajstić information content (AvgIpc) is 3.19. The highest BCUT2D eigenvalue weighted by Gasteiger charge is 2.55. The van der Waals surface area contributed by atoms with E-state index in [-0.39, 0.29) is 30.6 Å². The van der Waals surface area contributed by atoms with Crippen LogP contribution in [0.15, 0.2) is 0 Å². The zero-order valence-corrected chi connectivity index (χ0v) is 14.6. The number of aryl methyl sites for hydroxylation is 1. The molecule has 7 nitrogen and oxygen atoms in total. The maximum absolute atomic E-state index is 13.0. The Bertz CT molecular complexity index is 714. The third-order valence-electron chi connectivity index (χ3n) is 6.58. The fourth-order valence-corrected chi connectivity index (χ4v) is 5.32. The van der Waals surface area contributed by atoms with E-state index in [4.69, 9.17) is 0 Å². The molecule has 4 heterocycles. The molecule has 2 saturated heterocycles. The minimum Gasteiger partial charge on any atom is -0.313 e. The maximum Gasteiger partial charge on any atom is 0.328 e. The fourth-order valence-electron chi connectivity index (χ4n) is 5.32. The molecule has 5 rings (SSSR count). The maximum atomic E-state index is 13.0. The molecule has 1 saturated carbocycles. The number of nitrogens with zero attached hydrogens (tertiary/aromatic N) is 5. The van der Waals surface area contributed by atoms with Crippen LogP contribution in [0.25, 0.3) is 0 Å². The van der Waals surface area contributed by atoms with Crippen LogP contribution < -0.4 is 0 Å². The van der Waals surface area contributed by atoms with Crippen LogP contribution in [-0.4, -0.2) is 48.6 Å². The summed E-state index contributed by atoms with van der Waals surface area (Å²) in [5.41, 5.74) is 0. The quantitative estimate of drug-likeness (QED) is 0.771. The molecule has 0 N–H and O–H groups in total. The highest BCUT2D eigenvalue weighted by Crippen LogP contribution is 2.43. The number of urea groups is 1. The van der Waals surface area contributed by atoms with E-state index in [1.54, 1.807) is 0 Å². The zero-order chi connectivity index (χ0) is 17.0. The molecule has 3 amide bonds. The Morgan fingerprint density at radius 2 is 1.88 bits per heavy atom. The summed E-state index contributed by atoms with van der Waals surface area (Å²) in [6.45, 7) is 1.17. The van der Waals surface area contributed by atoms with Gasteiger partial charge in [-0.3, -0.25) is 9.69 Å². The van der Waals surface area contributed by atoms with E-state index in [9.17, 15) is 9.59 Å². The van der Waals surface area contributed by atoms with Crippen LogP contribution in [0, 0.1) is 5.92 Å². The number of rotatable bonds is 2. The molecule has 134 valence electrons. The lowest BCUT2D eigenvalue weighted by Crippen LogP contribution is -2.41. The lowest BCUT2D eigenvalue weighted by atomic mass is 9.84. The molecule has 1 aromatic heterocycles. The second-order valence-electron chi connectivity index (χ2n) is 7.97. The van der Waals surface area contributed by atoms with Gasteiger partial charge in [0, 0.05) is 19.0 Å². The van der Waals surface area contributed by atoms with Crippen molar-refractivity contribution in [2.45, 2.75) is 83.0 Å². The summed E-state index contributed by atoms with van der Waals surface area (Å²) in [5.74, 6) is 2.27. The second kappa shape index (κ2) is 5.81. The first-order chi connectivity index (χ1) is 12.2. The molecule has 0 spiro atoms. The van der Waals surface area contributed by atoms with Gasteiger partial charge in [-0.05, 0) is 38.0 Å². The standard InChI is InChI=1S/C18H25N5O2/c24-17-14-10-12-6-3-4-7-13(12)23(14)18(25)22(17)11-16-20-19-15-8-2-1-5-9-21(15)16/h12-14H,1-11H2/t12-,13+,14+/m1/s1. The fraction of sp³-hybridized carbons (Fsp3) is 0.778. The highest BCUT2D eigenvalue weighted by atomic mass is 16.2.